The zero-order chi connectivity index (χ0) is 17.9. The number of aliphatic hydroxyl groups excluding tert-OH is 1. The summed E-state index contributed by atoms with van der Waals surface area (Å²) in [4.78, 5) is 12.2. The van der Waals surface area contributed by atoms with Crippen molar-refractivity contribution in [3.63, 3.8) is 0 Å². The Kier molecular flexibility index (Phi) is 4.06. The molecule has 3 rings (SSSR count). The van der Waals surface area contributed by atoms with E-state index in [1.165, 1.54) is 7.11 Å². The first-order chi connectivity index (χ1) is 11.1. The summed E-state index contributed by atoms with van der Waals surface area (Å²) in [7, 11) is 1.43. The van der Waals surface area contributed by atoms with Crippen molar-refractivity contribution >= 4 is 5.97 Å². The van der Waals surface area contributed by atoms with Crippen molar-refractivity contribution in [2.24, 2.45) is 22.7 Å². The van der Waals surface area contributed by atoms with E-state index >= 15 is 0 Å². The molecular weight excluding hydrogens is 304 g/mol. The van der Waals surface area contributed by atoms with Crippen LogP contribution in [-0.2, 0) is 14.3 Å². The van der Waals surface area contributed by atoms with E-state index in [1.807, 2.05) is 6.92 Å². The summed E-state index contributed by atoms with van der Waals surface area (Å²) in [5.41, 5.74) is 0.419. The number of esters is 1. The Morgan fingerprint density at radius 1 is 1.17 bits per heavy atom. The van der Waals surface area contributed by atoms with Crippen LogP contribution < -0.4 is 0 Å². The van der Waals surface area contributed by atoms with Gasteiger partial charge in [-0.25, -0.2) is 4.79 Å². The number of carbonyl (C=O) groups excluding carboxylic acids is 1. The number of allylic oxidation sites excluding steroid dienone is 1. The third-order valence-electron chi connectivity index (χ3n) is 7.62. The zero-order valence-electron chi connectivity index (χ0n) is 15.9. The van der Waals surface area contributed by atoms with Gasteiger partial charge < -0.3 is 14.6 Å². The minimum Gasteiger partial charge on any atom is -0.491 e. The lowest BCUT2D eigenvalue weighted by Gasteiger charge is -2.64. The minimum absolute atomic E-state index is 0.0652. The van der Waals surface area contributed by atoms with E-state index < -0.39 is 0 Å². The quantitative estimate of drug-likeness (QED) is 0.740. The van der Waals surface area contributed by atoms with Gasteiger partial charge in [0.15, 0.2) is 0 Å². The summed E-state index contributed by atoms with van der Waals surface area (Å²) in [5, 5.41) is 10.6. The number of methoxy groups -OCH3 is 1. The van der Waals surface area contributed by atoms with Gasteiger partial charge in [0.2, 0.25) is 0 Å². The Morgan fingerprint density at radius 2 is 1.83 bits per heavy atom. The minimum atomic E-state index is -0.268. The smallest absolute Gasteiger partial charge is 0.337 e. The lowest BCUT2D eigenvalue weighted by molar-refractivity contribution is -0.206. The number of rotatable bonds is 1. The van der Waals surface area contributed by atoms with Gasteiger partial charge in [-0.05, 0) is 62.7 Å². The van der Waals surface area contributed by atoms with Crippen LogP contribution in [0.15, 0.2) is 11.3 Å². The standard InChI is InChI=1S/C20H32O4/c1-12-13(17(22)23-6)11-15-19(4)9-8-16(21)18(2,3)14(19)7-10-20(15,5)24-12/h14-16,21H,7-11H2,1-6H3/t14-,15+,16-,19-,20+/m0/s1. The van der Waals surface area contributed by atoms with Gasteiger partial charge in [-0.15, -0.1) is 0 Å². The van der Waals surface area contributed by atoms with Gasteiger partial charge in [0.25, 0.3) is 0 Å². The molecule has 0 aromatic carbocycles. The molecule has 24 heavy (non-hydrogen) atoms. The van der Waals surface area contributed by atoms with Crippen molar-refractivity contribution in [1.82, 2.24) is 0 Å². The molecule has 0 aromatic heterocycles. The van der Waals surface area contributed by atoms with Crippen molar-refractivity contribution in [3.05, 3.63) is 11.3 Å². The number of aliphatic hydroxyl groups is 1. The molecule has 0 amide bonds. The van der Waals surface area contributed by atoms with Crippen molar-refractivity contribution in [2.45, 2.75) is 78.4 Å². The molecule has 1 N–H and O–H groups in total. The molecule has 0 bridgehead atoms. The van der Waals surface area contributed by atoms with Gasteiger partial charge in [0.05, 0.1) is 18.8 Å². The maximum absolute atomic E-state index is 12.2. The summed E-state index contributed by atoms with van der Waals surface area (Å²) in [6, 6.07) is 0. The molecule has 0 spiro atoms. The first kappa shape index (κ1) is 17.8. The van der Waals surface area contributed by atoms with Crippen LogP contribution in [0.5, 0.6) is 0 Å². The highest BCUT2D eigenvalue weighted by Crippen LogP contribution is 2.65. The highest BCUT2D eigenvalue weighted by Gasteiger charge is 2.62. The number of fused-ring (bicyclic) bond motifs is 3. The van der Waals surface area contributed by atoms with Crippen LogP contribution in [0.4, 0.5) is 0 Å². The van der Waals surface area contributed by atoms with E-state index in [4.69, 9.17) is 9.47 Å². The van der Waals surface area contributed by atoms with Gasteiger partial charge in [-0.3, -0.25) is 0 Å². The lowest BCUT2D eigenvalue weighted by atomic mass is 9.44. The van der Waals surface area contributed by atoms with Crippen molar-refractivity contribution in [3.8, 4) is 0 Å². The highest BCUT2D eigenvalue weighted by molar-refractivity contribution is 5.89. The Morgan fingerprint density at radius 3 is 2.46 bits per heavy atom. The van der Waals surface area contributed by atoms with Gasteiger partial charge in [-0.1, -0.05) is 20.8 Å². The molecule has 0 saturated heterocycles. The molecule has 1 heterocycles. The number of ether oxygens (including phenoxy) is 2. The van der Waals surface area contributed by atoms with Crippen molar-refractivity contribution in [2.75, 3.05) is 7.11 Å². The summed E-state index contributed by atoms with van der Waals surface area (Å²) in [5.74, 6) is 1.16. The maximum Gasteiger partial charge on any atom is 0.337 e. The van der Waals surface area contributed by atoms with Crippen LogP contribution in [0, 0.1) is 22.7 Å². The first-order valence-corrected chi connectivity index (χ1v) is 9.21. The predicted octanol–water partition coefficient (Wildman–Crippen LogP) is 3.83. The van der Waals surface area contributed by atoms with Gasteiger partial charge in [0.1, 0.15) is 11.4 Å². The summed E-state index contributed by atoms with van der Waals surface area (Å²) >= 11 is 0. The monoisotopic (exact) mass is 336 g/mol. The number of hydrogen-bond donors (Lipinski definition) is 1. The molecule has 0 radical (unpaired) electrons. The topological polar surface area (TPSA) is 55.8 Å². The van der Waals surface area contributed by atoms with Gasteiger partial charge >= 0.3 is 5.97 Å². The normalized spacial score (nSPS) is 44.2. The molecule has 0 aromatic rings. The van der Waals surface area contributed by atoms with Crippen LogP contribution in [0.3, 0.4) is 0 Å². The fourth-order valence-corrected chi connectivity index (χ4v) is 6.18. The molecular formula is C20H32O4. The van der Waals surface area contributed by atoms with E-state index in [2.05, 4.69) is 27.7 Å². The SMILES string of the molecule is COC(=O)C1=C(C)O[C@]2(C)CC[C@H]3C(C)(C)[C@@H](O)CC[C@]3(C)[C@H]2C1. The van der Waals surface area contributed by atoms with Crippen LogP contribution >= 0.6 is 0 Å². The number of carbonyl (C=O) groups is 1. The van der Waals surface area contributed by atoms with Crippen molar-refractivity contribution < 1.29 is 19.4 Å². The van der Waals surface area contributed by atoms with E-state index in [0.717, 1.165) is 31.4 Å². The second kappa shape index (κ2) is 5.48. The molecule has 3 aliphatic rings. The maximum atomic E-state index is 12.2. The predicted molar refractivity (Wildman–Crippen MR) is 92.2 cm³/mol. The Hall–Kier alpha value is -1.03. The Labute approximate surface area is 145 Å². The molecule has 4 nitrogen and oxygen atoms in total. The molecule has 2 fully saturated rings. The average molecular weight is 336 g/mol. The van der Waals surface area contributed by atoms with E-state index in [0.29, 0.717) is 17.9 Å². The van der Waals surface area contributed by atoms with E-state index in [9.17, 15) is 9.90 Å². The largest absolute Gasteiger partial charge is 0.491 e. The van der Waals surface area contributed by atoms with E-state index in [-0.39, 0.29) is 34.4 Å². The Balaban J connectivity index is 2.02. The summed E-state index contributed by atoms with van der Waals surface area (Å²) in [6.07, 6.45) is 4.31. The zero-order valence-corrected chi connectivity index (χ0v) is 15.9. The van der Waals surface area contributed by atoms with E-state index in [1.54, 1.807) is 0 Å². The van der Waals surface area contributed by atoms with Gasteiger partial charge in [-0.2, -0.15) is 0 Å². The third-order valence-corrected chi connectivity index (χ3v) is 7.62. The van der Waals surface area contributed by atoms with Crippen molar-refractivity contribution in [1.29, 1.82) is 0 Å². The molecule has 1 aliphatic heterocycles. The summed E-state index contributed by atoms with van der Waals surface area (Å²) < 4.78 is 11.3. The van der Waals surface area contributed by atoms with Crippen LogP contribution in [0.1, 0.15) is 66.7 Å². The molecule has 5 atom stereocenters. The fourth-order valence-electron chi connectivity index (χ4n) is 6.18. The van der Waals surface area contributed by atoms with Gasteiger partial charge in [0, 0.05) is 5.92 Å². The summed E-state index contributed by atoms with van der Waals surface area (Å²) in [6.45, 7) is 10.8. The second-order valence-electron chi connectivity index (χ2n) is 9.17. The van der Waals surface area contributed by atoms with Crippen LogP contribution in [0.2, 0.25) is 0 Å². The molecule has 2 saturated carbocycles. The number of hydrogen-bond acceptors (Lipinski definition) is 4. The molecule has 4 heteroatoms. The lowest BCUT2D eigenvalue weighted by Crippen LogP contribution is -2.62. The first-order valence-electron chi connectivity index (χ1n) is 9.21. The van der Waals surface area contributed by atoms with Crippen LogP contribution in [-0.4, -0.2) is 29.9 Å². The molecule has 0 unspecified atom stereocenters. The Bertz CT molecular complexity index is 578. The fraction of sp³-hybridized carbons (Fsp3) is 0.850. The molecule has 136 valence electrons. The highest BCUT2D eigenvalue weighted by atomic mass is 16.5. The third kappa shape index (κ3) is 2.33. The average Bonchev–Trinajstić information content (AvgIpc) is 2.49. The second-order valence-corrected chi connectivity index (χ2v) is 9.17. The van der Waals surface area contributed by atoms with Crippen LogP contribution in [0.25, 0.3) is 0 Å². The molecule has 2 aliphatic carbocycles.